The van der Waals surface area contributed by atoms with Gasteiger partial charge < -0.3 is 29.9 Å². The summed E-state index contributed by atoms with van der Waals surface area (Å²) in [6, 6.07) is 24.1. The smallest absolute Gasteiger partial charge is 0.414 e. The minimum absolute atomic E-state index is 0.0408. The molecule has 2 aliphatic rings. The maximum absolute atomic E-state index is 14.0. The molecule has 2 saturated heterocycles. The van der Waals surface area contributed by atoms with Crippen LogP contribution < -0.4 is 9.47 Å². The van der Waals surface area contributed by atoms with Gasteiger partial charge >= 0.3 is 23.9 Å². The van der Waals surface area contributed by atoms with Gasteiger partial charge in [0.05, 0.1) is 0 Å². The van der Waals surface area contributed by atoms with Gasteiger partial charge in [0.15, 0.2) is 5.78 Å². The van der Waals surface area contributed by atoms with Crippen molar-refractivity contribution in [1.29, 1.82) is 0 Å². The number of thiophene rings is 1. The first-order valence-corrected chi connectivity index (χ1v) is 18.2. The van der Waals surface area contributed by atoms with Gasteiger partial charge in [-0.2, -0.15) is 0 Å². The van der Waals surface area contributed by atoms with E-state index in [4.69, 9.17) is 49.1 Å². The van der Waals surface area contributed by atoms with E-state index in [-0.39, 0.29) is 11.9 Å². The Hall–Kier alpha value is -5.31. The number of carboxylic acids is 4. The van der Waals surface area contributed by atoms with Crippen LogP contribution in [-0.4, -0.2) is 112 Å². The molecule has 0 radical (unpaired) electrons. The molecule has 3 aromatic carbocycles. The summed E-state index contributed by atoms with van der Waals surface area (Å²) in [5.74, 6) is -5.56. The van der Waals surface area contributed by atoms with Crippen molar-refractivity contribution in [3.8, 4) is 21.9 Å². The first-order valence-electron chi connectivity index (χ1n) is 17.4. The highest BCUT2D eigenvalue weighted by Crippen LogP contribution is 2.40. The van der Waals surface area contributed by atoms with E-state index < -0.39 is 23.9 Å². The summed E-state index contributed by atoms with van der Waals surface area (Å²) in [7, 11) is 0. The Bertz CT molecular complexity index is 1800. The normalized spacial score (nSPS) is 14.7. The molecule has 13 nitrogen and oxygen atoms in total. The Balaban J connectivity index is 0.000000453. The van der Waals surface area contributed by atoms with Crippen molar-refractivity contribution in [3.63, 3.8) is 0 Å². The molecule has 2 aliphatic heterocycles. The second-order valence-electron chi connectivity index (χ2n) is 12.5. The summed E-state index contributed by atoms with van der Waals surface area (Å²) in [5, 5.41) is 30.6. The van der Waals surface area contributed by atoms with E-state index in [0.29, 0.717) is 12.2 Å². The third-order valence-electron chi connectivity index (χ3n) is 8.71. The maximum atomic E-state index is 14.0. The number of nitrogens with zero attached hydrogens (tertiary/aromatic N) is 2. The van der Waals surface area contributed by atoms with E-state index in [0.717, 1.165) is 57.1 Å². The third-order valence-corrected chi connectivity index (χ3v) is 9.93. The third kappa shape index (κ3) is 12.1. The number of rotatable bonds is 12. The molecule has 53 heavy (non-hydrogen) atoms. The zero-order chi connectivity index (χ0) is 38.3. The van der Waals surface area contributed by atoms with Crippen LogP contribution in [0, 0.1) is 0 Å². The number of benzene rings is 3. The number of carboxylic acid groups (broad SMARTS) is 4. The zero-order valence-electron chi connectivity index (χ0n) is 29.4. The van der Waals surface area contributed by atoms with Crippen molar-refractivity contribution in [2.24, 2.45) is 0 Å². The van der Waals surface area contributed by atoms with Gasteiger partial charge in [-0.3, -0.25) is 14.6 Å². The fourth-order valence-corrected chi connectivity index (χ4v) is 7.21. The standard InChI is InChI=1S/C35H40N2O3S.2C2H2O4/c1-2-28(25-37-21-7-8-22-37)40-30-17-11-26(12-18-30)34(38)33-31-9-3-4-10-32(31)41-35(33)27-13-15-29(16-14-27)39-24-23-36-19-5-6-20-36;2*3-1(4)2(5)6/h3-4,9-18,28H,2,5-8,19-25H2,1H3;2*(H,3,4)(H,5,6). The molecule has 1 atom stereocenters. The number of carbonyl (C=O) groups is 5. The molecule has 1 unspecified atom stereocenters. The van der Waals surface area contributed by atoms with E-state index in [1.54, 1.807) is 11.3 Å². The Kier molecular flexibility index (Phi) is 15.3. The Morgan fingerprint density at radius 1 is 0.698 bits per heavy atom. The van der Waals surface area contributed by atoms with Crippen molar-refractivity contribution < 1.29 is 53.9 Å². The first kappa shape index (κ1) is 40.5. The van der Waals surface area contributed by atoms with Crippen molar-refractivity contribution in [1.82, 2.24) is 9.80 Å². The molecule has 4 aromatic rings. The van der Waals surface area contributed by atoms with Gasteiger partial charge in [0, 0.05) is 39.2 Å². The lowest BCUT2D eigenvalue weighted by Crippen LogP contribution is -2.33. The molecule has 0 aliphatic carbocycles. The molecule has 2 fully saturated rings. The van der Waals surface area contributed by atoms with Crippen LogP contribution >= 0.6 is 11.3 Å². The monoisotopic (exact) mass is 748 g/mol. The SMILES string of the molecule is CCC(CN1CCCC1)Oc1ccc(C(=O)c2c(-c3ccc(OCCN4CCCC4)cc3)sc3ccccc23)cc1.O=C(O)C(=O)O.O=C(O)C(=O)O. The van der Waals surface area contributed by atoms with Crippen molar-refractivity contribution in [3.05, 3.63) is 83.9 Å². The Morgan fingerprint density at radius 3 is 1.77 bits per heavy atom. The van der Waals surface area contributed by atoms with Gasteiger partial charge in [-0.15, -0.1) is 11.3 Å². The second kappa shape index (κ2) is 20.1. The lowest BCUT2D eigenvalue weighted by Gasteiger charge is -2.23. The number of hydrogen-bond acceptors (Lipinski definition) is 10. The molecular weight excluding hydrogens is 704 g/mol. The molecule has 14 heteroatoms. The van der Waals surface area contributed by atoms with E-state index in [1.165, 1.54) is 51.9 Å². The lowest BCUT2D eigenvalue weighted by atomic mass is 9.97. The van der Waals surface area contributed by atoms with Gasteiger partial charge in [-0.1, -0.05) is 25.1 Å². The number of carbonyl (C=O) groups excluding carboxylic acids is 1. The predicted molar refractivity (Wildman–Crippen MR) is 199 cm³/mol. The molecule has 4 N–H and O–H groups in total. The topological polar surface area (TPSA) is 191 Å². The number of fused-ring (bicyclic) bond motifs is 1. The summed E-state index contributed by atoms with van der Waals surface area (Å²) in [6.45, 7) is 9.49. The summed E-state index contributed by atoms with van der Waals surface area (Å²) < 4.78 is 13.5. The van der Waals surface area contributed by atoms with E-state index in [9.17, 15) is 4.79 Å². The fraction of sp³-hybridized carbons (Fsp3) is 0.359. The van der Waals surface area contributed by atoms with Crippen LogP contribution in [0.2, 0.25) is 0 Å². The number of ketones is 1. The van der Waals surface area contributed by atoms with Crippen molar-refractivity contribution >= 4 is 51.1 Å². The summed E-state index contributed by atoms with van der Waals surface area (Å²) in [6.07, 6.45) is 6.27. The fourth-order valence-electron chi connectivity index (χ4n) is 6.00. The number of ether oxygens (including phenoxy) is 2. The number of likely N-dealkylation sites (tertiary alicyclic amines) is 2. The van der Waals surface area contributed by atoms with Gasteiger partial charge in [-0.05, 0) is 118 Å². The van der Waals surface area contributed by atoms with Gasteiger partial charge in [0.2, 0.25) is 0 Å². The van der Waals surface area contributed by atoms with Crippen LogP contribution in [0.15, 0.2) is 72.8 Å². The Morgan fingerprint density at radius 2 is 1.23 bits per heavy atom. The van der Waals surface area contributed by atoms with Gasteiger partial charge in [-0.25, -0.2) is 19.2 Å². The molecule has 282 valence electrons. The van der Waals surface area contributed by atoms with E-state index >= 15 is 0 Å². The largest absolute Gasteiger partial charge is 0.492 e. The highest BCUT2D eigenvalue weighted by atomic mass is 32.1. The number of aliphatic carboxylic acids is 4. The average molecular weight is 749 g/mol. The van der Waals surface area contributed by atoms with E-state index in [2.05, 4.69) is 41.0 Å². The molecule has 0 spiro atoms. The van der Waals surface area contributed by atoms with Crippen LogP contribution in [0.5, 0.6) is 11.5 Å². The molecule has 3 heterocycles. The van der Waals surface area contributed by atoms with Crippen LogP contribution in [0.1, 0.15) is 54.9 Å². The van der Waals surface area contributed by atoms with Crippen molar-refractivity contribution in [2.75, 3.05) is 45.9 Å². The van der Waals surface area contributed by atoms with Crippen molar-refractivity contribution in [2.45, 2.75) is 45.1 Å². The molecule has 0 bridgehead atoms. The Labute approximate surface area is 311 Å². The lowest BCUT2D eigenvalue weighted by molar-refractivity contribution is -0.159. The van der Waals surface area contributed by atoms with Crippen LogP contribution in [0.3, 0.4) is 0 Å². The molecule has 0 amide bonds. The highest BCUT2D eigenvalue weighted by Gasteiger charge is 2.22. The summed E-state index contributed by atoms with van der Waals surface area (Å²) >= 11 is 1.67. The minimum atomic E-state index is -1.82. The summed E-state index contributed by atoms with van der Waals surface area (Å²) in [4.78, 5) is 56.3. The predicted octanol–water partition coefficient (Wildman–Crippen LogP) is 5.84. The van der Waals surface area contributed by atoms with Crippen LogP contribution in [0.25, 0.3) is 20.5 Å². The number of hydrogen-bond donors (Lipinski definition) is 4. The second-order valence-corrected chi connectivity index (χ2v) is 13.5. The quantitative estimate of drug-likeness (QED) is 0.1000. The highest BCUT2D eigenvalue weighted by molar-refractivity contribution is 7.22. The van der Waals surface area contributed by atoms with Gasteiger partial charge in [0.25, 0.3) is 0 Å². The molecule has 1 aromatic heterocycles. The average Bonchev–Trinajstić information content (AvgIpc) is 3.94. The van der Waals surface area contributed by atoms with E-state index in [1.807, 2.05) is 48.5 Å². The first-order chi connectivity index (χ1) is 25.5. The molecule has 0 saturated carbocycles. The minimum Gasteiger partial charge on any atom is -0.492 e. The summed E-state index contributed by atoms with van der Waals surface area (Å²) in [5.41, 5.74) is 2.48. The van der Waals surface area contributed by atoms with Crippen LogP contribution in [-0.2, 0) is 19.2 Å². The van der Waals surface area contributed by atoms with Crippen LogP contribution in [0.4, 0.5) is 0 Å². The zero-order valence-corrected chi connectivity index (χ0v) is 30.3. The maximum Gasteiger partial charge on any atom is 0.414 e. The van der Waals surface area contributed by atoms with Gasteiger partial charge in [0.1, 0.15) is 24.2 Å². The molecular formula is C39H44N2O11S. The molecule has 6 rings (SSSR count).